The maximum Gasteiger partial charge on any atom is 0.215 e. The van der Waals surface area contributed by atoms with Gasteiger partial charge in [-0.15, -0.1) is 0 Å². The van der Waals surface area contributed by atoms with Gasteiger partial charge in [0.2, 0.25) is 10.0 Å². The van der Waals surface area contributed by atoms with Crippen LogP contribution in [0.15, 0.2) is 0 Å². The van der Waals surface area contributed by atoms with E-state index in [2.05, 4.69) is 23.9 Å². The average molecular weight is 234 g/mol. The Kier molecular flexibility index (Phi) is 5.02. The van der Waals surface area contributed by atoms with E-state index in [0.717, 1.165) is 25.8 Å². The van der Waals surface area contributed by atoms with Crippen LogP contribution in [0, 0.1) is 5.92 Å². The number of sulfonamides is 1. The molecule has 0 saturated carbocycles. The Balaban J connectivity index is 2.43. The minimum absolute atomic E-state index is 0.240. The van der Waals surface area contributed by atoms with Crippen LogP contribution in [-0.4, -0.2) is 33.3 Å². The van der Waals surface area contributed by atoms with E-state index in [9.17, 15) is 8.42 Å². The first kappa shape index (κ1) is 12.9. The Hall–Kier alpha value is -0.130. The van der Waals surface area contributed by atoms with Gasteiger partial charge in [0.15, 0.2) is 0 Å². The van der Waals surface area contributed by atoms with Crippen molar-refractivity contribution >= 4 is 10.0 Å². The van der Waals surface area contributed by atoms with Crippen LogP contribution < -0.4 is 10.0 Å². The summed E-state index contributed by atoms with van der Waals surface area (Å²) >= 11 is 0. The molecule has 2 N–H and O–H groups in total. The second kappa shape index (κ2) is 5.82. The predicted octanol–water partition coefficient (Wildman–Crippen LogP) is 0.704. The van der Waals surface area contributed by atoms with E-state index in [-0.39, 0.29) is 5.25 Å². The van der Waals surface area contributed by atoms with Crippen LogP contribution >= 0.6 is 0 Å². The lowest BCUT2D eigenvalue weighted by molar-refractivity contribution is 0.479. The van der Waals surface area contributed by atoms with E-state index in [1.54, 1.807) is 0 Å². The summed E-state index contributed by atoms with van der Waals surface area (Å²) in [5.74, 6) is 0.413. The molecule has 0 aromatic carbocycles. The molecule has 0 bridgehead atoms. The molecule has 0 spiro atoms. The van der Waals surface area contributed by atoms with Crippen LogP contribution in [0.3, 0.4) is 0 Å². The normalized spacial score (nSPS) is 25.1. The smallest absolute Gasteiger partial charge is 0.215 e. The van der Waals surface area contributed by atoms with Gasteiger partial charge < -0.3 is 5.32 Å². The van der Waals surface area contributed by atoms with Crippen LogP contribution in [0.4, 0.5) is 0 Å². The third kappa shape index (κ3) is 4.09. The number of piperidine rings is 1. The van der Waals surface area contributed by atoms with Crippen molar-refractivity contribution in [2.75, 3.05) is 19.6 Å². The molecule has 2 unspecified atom stereocenters. The third-order valence-corrected chi connectivity index (χ3v) is 4.87. The predicted molar refractivity (Wildman–Crippen MR) is 62.3 cm³/mol. The van der Waals surface area contributed by atoms with E-state index >= 15 is 0 Å². The SMILES string of the molecule is CCC(C)CNS(=O)(=O)C1CCCNC1. The first-order valence-corrected chi connectivity index (χ1v) is 7.30. The van der Waals surface area contributed by atoms with E-state index in [1.807, 2.05) is 0 Å². The average Bonchev–Trinajstić information content (AvgIpc) is 2.27. The number of hydrogen-bond acceptors (Lipinski definition) is 3. The van der Waals surface area contributed by atoms with E-state index in [1.165, 1.54) is 0 Å². The second-order valence-corrected chi connectivity index (χ2v) is 6.42. The maximum absolute atomic E-state index is 11.9. The standard InChI is InChI=1S/C10H22N2O2S/c1-3-9(2)7-12-15(13,14)10-5-4-6-11-8-10/h9-12H,3-8H2,1-2H3. The van der Waals surface area contributed by atoms with Gasteiger partial charge in [-0.2, -0.15) is 0 Å². The van der Waals surface area contributed by atoms with Gasteiger partial charge in [0.25, 0.3) is 0 Å². The molecule has 1 saturated heterocycles. The van der Waals surface area contributed by atoms with Crippen molar-refractivity contribution < 1.29 is 8.42 Å². The van der Waals surface area contributed by atoms with Gasteiger partial charge in [0.05, 0.1) is 5.25 Å². The molecular formula is C10H22N2O2S. The minimum Gasteiger partial charge on any atom is -0.315 e. The fourth-order valence-electron chi connectivity index (χ4n) is 1.61. The van der Waals surface area contributed by atoms with Crippen LogP contribution in [0.1, 0.15) is 33.1 Å². The lowest BCUT2D eigenvalue weighted by atomic mass is 10.1. The van der Waals surface area contributed by atoms with Crippen molar-refractivity contribution in [2.45, 2.75) is 38.4 Å². The lowest BCUT2D eigenvalue weighted by Crippen LogP contribution is -2.45. The highest BCUT2D eigenvalue weighted by Gasteiger charge is 2.26. The number of nitrogens with one attached hydrogen (secondary N) is 2. The Bertz CT molecular complexity index is 271. The molecule has 0 aromatic rings. The molecular weight excluding hydrogens is 212 g/mol. The fraction of sp³-hybridized carbons (Fsp3) is 1.00. The van der Waals surface area contributed by atoms with Gasteiger partial charge >= 0.3 is 0 Å². The van der Waals surface area contributed by atoms with Crippen molar-refractivity contribution in [3.63, 3.8) is 0 Å². The Morgan fingerprint density at radius 3 is 2.80 bits per heavy atom. The van der Waals surface area contributed by atoms with Gasteiger partial charge in [-0.3, -0.25) is 0 Å². The summed E-state index contributed by atoms with van der Waals surface area (Å²) in [6.07, 6.45) is 2.74. The molecule has 0 aromatic heterocycles. The van der Waals surface area contributed by atoms with Gasteiger partial charge in [0.1, 0.15) is 0 Å². The van der Waals surface area contributed by atoms with Crippen molar-refractivity contribution in [3.8, 4) is 0 Å². The quantitative estimate of drug-likeness (QED) is 0.736. The summed E-state index contributed by atoms with van der Waals surface area (Å²) < 4.78 is 26.4. The Morgan fingerprint density at radius 1 is 1.53 bits per heavy atom. The molecule has 5 heteroatoms. The summed E-state index contributed by atoms with van der Waals surface area (Å²) in [5.41, 5.74) is 0. The highest BCUT2D eigenvalue weighted by Crippen LogP contribution is 2.11. The van der Waals surface area contributed by atoms with Crippen LogP contribution in [-0.2, 0) is 10.0 Å². The van der Waals surface area contributed by atoms with Gasteiger partial charge in [-0.25, -0.2) is 13.1 Å². The molecule has 0 radical (unpaired) electrons. The van der Waals surface area contributed by atoms with Crippen molar-refractivity contribution in [1.29, 1.82) is 0 Å². The summed E-state index contributed by atoms with van der Waals surface area (Å²) in [5, 5.41) is 2.88. The molecule has 4 nitrogen and oxygen atoms in total. The Labute approximate surface area is 92.9 Å². The van der Waals surface area contributed by atoms with Crippen LogP contribution in [0.2, 0.25) is 0 Å². The van der Waals surface area contributed by atoms with Crippen LogP contribution in [0.25, 0.3) is 0 Å². The molecule has 90 valence electrons. The van der Waals surface area contributed by atoms with E-state index in [4.69, 9.17) is 0 Å². The summed E-state index contributed by atoms with van der Waals surface area (Å²) in [4.78, 5) is 0. The molecule has 15 heavy (non-hydrogen) atoms. The largest absolute Gasteiger partial charge is 0.315 e. The molecule has 1 aliphatic rings. The topological polar surface area (TPSA) is 58.2 Å². The summed E-state index contributed by atoms with van der Waals surface area (Å²) in [6, 6.07) is 0. The highest BCUT2D eigenvalue weighted by atomic mass is 32.2. The molecule has 0 amide bonds. The lowest BCUT2D eigenvalue weighted by Gasteiger charge is -2.23. The third-order valence-electron chi connectivity index (χ3n) is 3.02. The zero-order valence-corrected chi connectivity index (χ0v) is 10.4. The van der Waals surface area contributed by atoms with Gasteiger partial charge in [-0.1, -0.05) is 20.3 Å². The monoisotopic (exact) mass is 234 g/mol. The molecule has 1 heterocycles. The zero-order chi connectivity index (χ0) is 11.3. The number of hydrogen-bond donors (Lipinski definition) is 2. The zero-order valence-electron chi connectivity index (χ0n) is 9.62. The van der Waals surface area contributed by atoms with E-state index < -0.39 is 10.0 Å². The Morgan fingerprint density at radius 2 is 2.27 bits per heavy atom. The van der Waals surface area contributed by atoms with Crippen molar-refractivity contribution in [3.05, 3.63) is 0 Å². The first-order chi connectivity index (χ1) is 7.06. The number of rotatable bonds is 5. The molecule has 0 aliphatic carbocycles. The fourth-order valence-corrected chi connectivity index (χ4v) is 3.17. The molecule has 1 rings (SSSR count). The molecule has 1 fully saturated rings. The highest BCUT2D eigenvalue weighted by molar-refractivity contribution is 7.90. The minimum atomic E-state index is -3.10. The second-order valence-electron chi connectivity index (χ2n) is 4.38. The molecule has 2 atom stereocenters. The van der Waals surface area contributed by atoms with E-state index in [0.29, 0.717) is 19.0 Å². The van der Waals surface area contributed by atoms with Crippen molar-refractivity contribution in [1.82, 2.24) is 10.0 Å². The maximum atomic E-state index is 11.9. The summed E-state index contributed by atoms with van der Waals surface area (Å²) in [6.45, 7) is 6.23. The summed E-state index contributed by atoms with van der Waals surface area (Å²) in [7, 11) is -3.10. The molecule has 1 aliphatic heterocycles. The van der Waals surface area contributed by atoms with Gasteiger partial charge in [-0.05, 0) is 25.3 Å². The van der Waals surface area contributed by atoms with Crippen LogP contribution in [0.5, 0.6) is 0 Å². The van der Waals surface area contributed by atoms with Crippen molar-refractivity contribution in [2.24, 2.45) is 5.92 Å². The first-order valence-electron chi connectivity index (χ1n) is 5.75. The van der Waals surface area contributed by atoms with Gasteiger partial charge in [0, 0.05) is 13.1 Å².